The highest BCUT2D eigenvalue weighted by Crippen LogP contribution is 2.35. The van der Waals surface area contributed by atoms with E-state index in [1.807, 2.05) is 6.07 Å². The Labute approximate surface area is 124 Å². The van der Waals surface area contributed by atoms with Crippen molar-refractivity contribution in [2.45, 2.75) is 58.3 Å². The third-order valence-corrected chi connectivity index (χ3v) is 4.03. The van der Waals surface area contributed by atoms with Gasteiger partial charge < -0.3 is 10.1 Å². The molecule has 0 aliphatic heterocycles. The Morgan fingerprint density at radius 2 is 1.75 bits per heavy atom. The van der Waals surface area contributed by atoms with Crippen molar-refractivity contribution >= 4 is 0 Å². The molecule has 0 saturated carbocycles. The average Bonchev–Trinajstić information content (AvgIpc) is 2.48. The number of ether oxygens (including phenoxy) is 1. The number of hydrogen-bond acceptors (Lipinski definition) is 2. The van der Waals surface area contributed by atoms with Crippen LogP contribution in [0.5, 0.6) is 5.75 Å². The topological polar surface area (TPSA) is 21.3 Å². The van der Waals surface area contributed by atoms with Crippen LogP contribution in [0.2, 0.25) is 0 Å². The molecule has 0 aliphatic carbocycles. The van der Waals surface area contributed by atoms with E-state index < -0.39 is 0 Å². The Morgan fingerprint density at radius 3 is 2.30 bits per heavy atom. The summed E-state index contributed by atoms with van der Waals surface area (Å²) in [7, 11) is 1.75. The van der Waals surface area contributed by atoms with E-state index >= 15 is 0 Å². The molecule has 2 nitrogen and oxygen atoms in total. The minimum Gasteiger partial charge on any atom is -0.497 e. The average molecular weight is 277 g/mol. The van der Waals surface area contributed by atoms with Crippen molar-refractivity contribution in [1.29, 1.82) is 0 Å². The molecule has 0 saturated heterocycles. The summed E-state index contributed by atoms with van der Waals surface area (Å²) in [6, 6.07) is 8.64. The van der Waals surface area contributed by atoms with Crippen molar-refractivity contribution in [3.05, 3.63) is 29.8 Å². The van der Waals surface area contributed by atoms with Gasteiger partial charge in [0.2, 0.25) is 0 Å². The first-order chi connectivity index (χ1) is 9.72. The van der Waals surface area contributed by atoms with Crippen LogP contribution in [0, 0.1) is 0 Å². The molecular formula is C18H31NO. The van der Waals surface area contributed by atoms with E-state index in [4.69, 9.17) is 4.74 Å². The predicted octanol–water partition coefficient (Wildman–Crippen LogP) is 4.53. The summed E-state index contributed by atoms with van der Waals surface area (Å²) in [6.07, 6.45) is 6.07. The molecule has 0 heterocycles. The zero-order chi connectivity index (χ0) is 14.8. The molecule has 0 spiro atoms. The second-order valence-corrected chi connectivity index (χ2v) is 5.69. The minimum atomic E-state index is 0.243. The normalized spacial score (nSPS) is 11.6. The third kappa shape index (κ3) is 4.52. The van der Waals surface area contributed by atoms with Crippen LogP contribution in [0.25, 0.3) is 0 Å². The first-order valence-corrected chi connectivity index (χ1v) is 8.07. The van der Waals surface area contributed by atoms with E-state index in [1.165, 1.54) is 37.7 Å². The van der Waals surface area contributed by atoms with Gasteiger partial charge in [-0.2, -0.15) is 0 Å². The third-order valence-electron chi connectivity index (χ3n) is 4.03. The Kier molecular flexibility index (Phi) is 7.68. The maximum Gasteiger partial charge on any atom is 0.119 e. The van der Waals surface area contributed by atoms with Crippen LogP contribution in [0.1, 0.15) is 58.4 Å². The van der Waals surface area contributed by atoms with Gasteiger partial charge in [0, 0.05) is 12.0 Å². The molecule has 1 aromatic carbocycles. The van der Waals surface area contributed by atoms with Gasteiger partial charge in [-0.05, 0) is 43.5 Å². The number of nitrogens with one attached hydrogen (secondary N) is 1. The summed E-state index contributed by atoms with van der Waals surface area (Å²) >= 11 is 0. The largest absolute Gasteiger partial charge is 0.497 e. The fraction of sp³-hybridized carbons (Fsp3) is 0.667. The van der Waals surface area contributed by atoms with Crippen molar-refractivity contribution in [3.63, 3.8) is 0 Å². The Bertz CT molecular complexity index is 369. The van der Waals surface area contributed by atoms with Crippen LogP contribution in [-0.2, 0) is 5.41 Å². The molecule has 0 unspecified atom stereocenters. The molecule has 1 rings (SSSR count). The molecule has 1 aromatic rings. The molecule has 0 fully saturated rings. The second-order valence-electron chi connectivity index (χ2n) is 5.69. The standard InChI is InChI=1S/C18H31NO/c1-5-11-18(12-6-2,15-19-13-7-3)16-9-8-10-17(14-16)20-4/h8-10,14,19H,5-7,11-13,15H2,1-4H3. The number of hydrogen-bond donors (Lipinski definition) is 1. The van der Waals surface area contributed by atoms with Gasteiger partial charge in [-0.1, -0.05) is 45.7 Å². The van der Waals surface area contributed by atoms with Crippen LogP contribution < -0.4 is 10.1 Å². The van der Waals surface area contributed by atoms with Gasteiger partial charge in [0.05, 0.1) is 7.11 Å². The summed E-state index contributed by atoms with van der Waals surface area (Å²) in [5, 5.41) is 3.64. The molecule has 20 heavy (non-hydrogen) atoms. The molecule has 0 amide bonds. The van der Waals surface area contributed by atoms with E-state index in [1.54, 1.807) is 7.11 Å². The van der Waals surface area contributed by atoms with Crippen LogP contribution >= 0.6 is 0 Å². The highest BCUT2D eigenvalue weighted by Gasteiger charge is 2.30. The van der Waals surface area contributed by atoms with E-state index in [2.05, 4.69) is 44.3 Å². The molecule has 0 aromatic heterocycles. The van der Waals surface area contributed by atoms with E-state index in [0.29, 0.717) is 0 Å². The summed E-state index contributed by atoms with van der Waals surface area (Å²) in [4.78, 5) is 0. The number of benzene rings is 1. The van der Waals surface area contributed by atoms with E-state index in [9.17, 15) is 0 Å². The lowest BCUT2D eigenvalue weighted by Gasteiger charge is -2.35. The van der Waals surface area contributed by atoms with Crippen molar-refractivity contribution in [2.24, 2.45) is 0 Å². The maximum absolute atomic E-state index is 5.41. The Hall–Kier alpha value is -1.02. The van der Waals surface area contributed by atoms with Gasteiger partial charge in [-0.25, -0.2) is 0 Å². The van der Waals surface area contributed by atoms with Crippen molar-refractivity contribution in [1.82, 2.24) is 5.32 Å². The number of rotatable bonds is 10. The Morgan fingerprint density at radius 1 is 1.05 bits per heavy atom. The zero-order valence-corrected chi connectivity index (χ0v) is 13.7. The lowest BCUT2D eigenvalue weighted by atomic mass is 9.73. The van der Waals surface area contributed by atoms with Crippen molar-refractivity contribution in [2.75, 3.05) is 20.2 Å². The fourth-order valence-electron chi connectivity index (χ4n) is 3.11. The van der Waals surface area contributed by atoms with Crippen LogP contribution in [0.3, 0.4) is 0 Å². The molecule has 0 bridgehead atoms. The van der Waals surface area contributed by atoms with Crippen molar-refractivity contribution in [3.8, 4) is 5.75 Å². The minimum absolute atomic E-state index is 0.243. The molecule has 0 radical (unpaired) electrons. The van der Waals surface area contributed by atoms with Gasteiger partial charge in [0.15, 0.2) is 0 Å². The van der Waals surface area contributed by atoms with Crippen molar-refractivity contribution < 1.29 is 4.74 Å². The summed E-state index contributed by atoms with van der Waals surface area (Å²) < 4.78 is 5.41. The van der Waals surface area contributed by atoms with Gasteiger partial charge in [-0.3, -0.25) is 0 Å². The van der Waals surface area contributed by atoms with Gasteiger partial charge >= 0.3 is 0 Å². The van der Waals surface area contributed by atoms with E-state index in [0.717, 1.165) is 18.8 Å². The maximum atomic E-state index is 5.41. The SMILES string of the molecule is CCCNCC(CCC)(CCC)c1cccc(OC)c1. The monoisotopic (exact) mass is 277 g/mol. The van der Waals surface area contributed by atoms with Gasteiger partial charge in [0.25, 0.3) is 0 Å². The number of methoxy groups -OCH3 is 1. The van der Waals surface area contributed by atoms with Crippen LogP contribution in [0.15, 0.2) is 24.3 Å². The van der Waals surface area contributed by atoms with E-state index in [-0.39, 0.29) is 5.41 Å². The second kappa shape index (κ2) is 9.02. The highest BCUT2D eigenvalue weighted by atomic mass is 16.5. The fourth-order valence-corrected chi connectivity index (χ4v) is 3.11. The Balaban J connectivity index is 3.03. The summed E-state index contributed by atoms with van der Waals surface area (Å²) in [5.74, 6) is 0.967. The zero-order valence-electron chi connectivity index (χ0n) is 13.7. The first-order valence-electron chi connectivity index (χ1n) is 8.07. The lowest BCUT2D eigenvalue weighted by Crippen LogP contribution is -2.38. The molecule has 2 heteroatoms. The molecule has 114 valence electrons. The molecular weight excluding hydrogens is 246 g/mol. The summed E-state index contributed by atoms with van der Waals surface area (Å²) in [6.45, 7) is 8.95. The van der Waals surface area contributed by atoms with Crippen LogP contribution in [0.4, 0.5) is 0 Å². The van der Waals surface area contributed by atoms with Gasteiger partial charge in [0.1, 0.15) is 5.75 Å². The lowest BCUT2D eigenvalue weighted by molar-refractivity contribution is 0.333. The summed E-state index contributed by atoms with van der Waals surface area (Å²) in [5.41, 5.74) is 1.66. The first kappa shape index (κ1) is 17.0. The molecule has 0 atom stereocenters. The quantitative estimate of drug-likeness (QED) is 0.634. The molecule has 1 N–H and O–H groups in total. The highest BCUT2D eigenvalue weighted by molar-refractivity contribution is 5.34. The smallest absolute Gasteiger partial charge is 0.119 e. The van der Waals surface area contributed by atoms with Gasteiger partial charge in [-0.15, -0.1) is 0 Å². The molecule has 0 aliphatic rings. The van der Waals surface area contributed by atoms with Crippen LogP contribution in [-0.4, -0.2) is 20.2 Å². The predicted molar refractivity (Wildman–Crippen MR) is 87.6 cm³/mol.